The van der Waals surface area contributed by atoms with Crippen LogP contribution >= 0.6 is 34.8 Å². The summed E-state index contributed by atoms with van der Waals surface area (Å²) in [6.45, 7) is -0.566. The summed E-state index contributed by atoms with van der Waals surface area (Å²) >= 11 is 18.9. The minimum Gasteiger partial charge on any atom is -0.352 e. The van der Waals surface area contributed by atoms with Crippen LogP contribution in [0.4, 0.5) is 5.69 Å². The predicted octanol–water partition coefficient (Wildman–Crippen LogP) is 6.50. The molecule has 1 N–H and O–H groups in total. The lowest BCUT2D eigenvalue weighted by Gasteiger charge is -2.35. The summed E-state index contributed by atoms with van der Waals surface area (Å²) < 4.78 is 26.9. The van der Waals surface area contributed by atoms with Gasteiger partial charge >= 0.3 is 0 Å². The first-order chi connectivity index (χ1) is 20.0. The van der Waals surface area contributed by atoms with Gasteiger partial charge in [0.1, 0.15) is 12.6 Å². The van der Waals surface area contributed by atoms with Gasteiger partial charge < -0.3 is 10.2 Å². The van der Waals surface area contributed by atoms with Crippen LogP contribution in [0.15, 0.2) is 72.8 Å². The van der Waals surface area contributed by atoms with E-state index in [1.165, 1.54) is 23.1 Å². The first-order valence-corrected chi connectivity index (χ1v) is 16.8. The summed E-state index contributed by atoms with van der Waals surface area (Å²) in [4.78, 5) is 29.6. The van der Waals surface area contributed by atoms with Gasteiger partial charge in [0.05, 0.1) is 11.9 Å². The molecule has 0 radical (unpaired) electrons. The summed E-state index contributed by atoms with van der Waals surface area (Å²) in [5, 5.41) is 4.05. The smallest absolute Gasteiger partial charge is 0.244 e. The maximum absolute atomic E-state index is 14.2. The van der Waals surface area contributed by atoms with Crippen LogP contribution in [0, 0.1) is 0 Å². The van der Waals surface area contributed by atoms with Gasteiger partial charge in [-0.25, -0.2) is 8.42 Å². The third-order valence-corrected chi connectivity index (χ3v) is 9.28. The molecular weight excluding hydrogens is 617 g/mol. The molecule has 1 atom stereocenters. The zero-order chi connectivity index (χ0) is 30.3. The maximum Gasteiger partial charge on any atom is 0.244 e. The number of hydrogen-bond acceptors (Lipinski definition) is 4. The fourth-order valence-electron chi connectivity index (χ4n) is 5.21. The number of rotatable bonds is 11. The highest BCUT2D eigenvalue weighted by Gasteiger charge is 2.34. The van der Waals surface area contributed by atoms with Crippen LogP contribution in [-0.2, 0) is 32.6 Å². The summed E-state index contributed by atoms with van der Waals surface area (Å²) in [5.74, 6) is -0.862. The average molecular weight is 651 g/mol. The highest BCUT2D eigenvalue weighted by atomic mass is 35.5. The molecule has 3 aromatic rings. The number of hydrogen-bond donors (Lipinski definition) is 1. The van der Waals surface area contributed by atoms with Gasteiger partial charge in [-0.3, -0.25) is 13.9 Å². The zero-order valence-corrected chi connectivity index (χ0v) is 26.4. The van der Waals surface area contributed by atoms with Crippen molar-refractivity contribution in [1.29, 1.82) is 0 Å². The van der Waals surface area contributed by atoms with Crippen LogP contribution in [0.1, 0.15) is 43.2 Å². The molecule has 1 aliphatic carbocycles. The van der Waals surface area contributed by atoms with E-state index in [2.05, 4.69) is 5.32 Å². The minimum atomic E-state index is -3.95. The van der Waals surface area contributed by atoms with Crippen LogP contribution in [0.25, 0.3) is 0 Å². The summed E-state index contributed by atoms with van der Waals surface area (Å²) in [5.41, 5.74) is 1.64. The lowest BCUT2D eigenvalue weighted by atomic mass is 9.94. The first-order valence-electron chi connectivity index (χ1n) is 13.8. The lowest BCUT2D eigenvalue weighted by Crippen LogP contribution is -2.55. The van der Waals surface area contributed by atoms with Crippen LogP contribution < -0.4 is 9.62 Å². The van der Waals surface area contributed by atoms with Gasteiger partial charge in [-0.1, -0.05) is 103 Å². The number of benzene rings is 3. The second-order valence-electron chi connectivity index (χ2n) is 10.6. The zero-order valence-electron chi connectivity index (χ0n) is 23.3. The molecular formula is C31H34Cl3N3O4S. The second kappa shape index (κ2) is 14.6. The summed E-state index contributed by atoms with van der Waals surface area (Å²) in [6, 6.07) is 19.9. The Kier molecular flexibility index (Phi) is 11.2. The molecule has 0 aliphatic heterocycles. The Hall–Kier alpha value is -2.78. The molecule has 4 rings (SSSR count). The maximum atomic E-state index is 14.2. The fraction of sp³-hybridized carbons (Fsp3) is 0.355. The molecule has 0 aromatic heterocycles. The molecule has 42 heavy (non-hydrogen) atoms. The van der Waals surface area contributed by atoms with Crippen LogP contribution in [0.3, 0.4) is 0 Å². The van der Waals surface area contributed by atoms with Gasteiger partial charge in [-0.05, 0) is 48.2 Å². The van der Waals surface area contributed by atoms with E-state index >= 15 is 0 Å². The van der Waals surface area contributed by atoms with E-state index in [0.29, 0.717) is 10.6 Å². The minimum absolute atomic E-state index is 0.00198. The number of anilines is 1. The molecule has 0 saturated heterocycles. The van der Waals surface area contributed by atoms with Crippen molar-refractivity contribution in [3.05, 3.63) is 99.0 Å². The van der Waals surface area contributed by atoms with Gasteiger partial charge in [-0.2, -0.15) is 0 Å². The highest BCUT2D eigenvalue weighted by molar-refractivity contribution is 7.92. The fourth-order valence-corrected chi connectivity index (χ4v) is 6.75. The molecule has 2 amide bonds. The van der Waals surface area contributed by atoms with E-state index in [0.717, 1.165) is 48.2 Å². The van der Waals surface area contributed by atoms with Crippen molar-refractivity contribution in [2.45, 2.75) is 57.2 Å². The molecule has 1 saturated carbocycles. The number of carbonyl (C=O) groups is 2. The molecule has 0 spiro atoms. The van der Waals surface area contributed by atoms with E-state index in [1.807, 2.05) is 30.3 Å². The number of sulfonamides is 1. The molecule has 7 nitrogen and oxygen atoms in total. The topological polar surface area (TPSA) is 86.8 Å². The molecule has 0 heterocycles. The molecule has 1 unspecified atom stereocenters. The summed E-state index contributed by atoms with van der Waals surface area (Å²) in [7, 11) is -3.95. The van der Waals surface area contributed by atoms with Gasteiger partial charge in [-0.15, -0.1) is 0 Å². The van der Waals surface area contributed by atoms with Crippen molar-refractivity contribution in [3.63, 3.8) is 0 Å². The number of carbonyl (C=O) groups excluding carboxylic acids is 2. The Balaban J connectivity index is 1.74. The van der Waals surface area contributed by atoms with Crippen molar-refractivity contribution < 1.29 is 18.0 Å². The largest absolute Gasteiger partial charge is 0.352 e. The van der Waals surface area contributed by atoms with E-state index < -0.39 is 28.5 Å². The number of amides is 2. The Morgan fingerprint density at radius 2 is 1.52 bits per heavy atom. The normalized spacial score (nSPS) is 14.7. The number of halogens is 3. The van der Waals surface area contributed by atoms with Gasteiger partial charge in [0.25, 0.3) is 0 Å². The molecule has 224 valence electrons. The van der Waals surface area contributed by atoms with Crippen molar-refractivity contribution in [2.24, 2.45) is 0 Å². The average Bonchev–Trinajstić information content (AvgIpc) is 2.94. The van der Waals surface area contributed by atoms with Crippen molar-refractivity contribution in [2.75, 3.05) is 17.1 Å². The third kappa shape index (κ3) is 8.86. The monoisotopic (exact) mass is 649 g/mol. The highest BCUT2D eigenvalue weighted by Crippen LogP contribution is 2.28. The predicted molar refractivity (Wildman–Crippen MR) is 170 cm³/mol. The van der Waals surface area contributed by atoms with Gasteiger partial charge in [0, 0.05) is 34.1 Å². The van der Waals surface area contributed by atoms with E-state index in [-0.39, 0.29) is 40.6 Å². The Labute approximate surface area is 262 Å². The Morgan fingerprint density at radius 3 is 2.14 bits per heavy atom. The summed E-state index contributed by atoms with van der Waals surface area (Å²) in [6.07, 6.45) is 6.18. The molecule has 3 aromatic carbocycles. The molecule has 1 fully saturated rings. The molecule has 11 heteroatoms. The van der Waals surface area contributed by atoms with E-state index in [9.17, 15) is 18.0 Å². The van der Waals surface area contributed by atoms with Crippen LogP contribution in [0.2, 0.25) is 15.1 Å². The van der Waals surface area contributed by atoms with Crippen molar-refractivity contribution in [3.8, 4) is 0 Å². The molecule has 1 aliphatic rings. The molecule has 0 bridgehead atoms. The second-order valence-corrected chi connectivity index (χ2v) is 13.7. The van der Waals surface area contributed by atoms with Gasteiger partial charge in [0.15, 0.2) is 0 Å². The number of nitrogens with zero attached hydrogens (tertiary/aromatic N) is 2. The van der Waals surface area contributed by atoms with Crippen molar-refractivity contribution in [1.82, 2.24) is 10.2 Å². The van der Waals surface area contributed by atoms with Gasteiger partial charge in [0.2, 0.25) is 21.8 Å². The quantitative estimate of drug-likeness (QED) is 0.257. The van der Waals surface area contributed by atoms with E-state index in [4.69, 9.17) is 34.8 Å². The SMILES string of the molecule is CS(=O)(=O)N(CC(=O)N(Cc1ccccc1Cl)C(Cc1ccccc1)C(=O)NC1CCCCC1)c1cc(Cl)cc(Cl)c1. The first kappa shape index (κ1) is 32.1. The standard InChI is InChI=1S/C31H34Cl3N3O4S/c1-42(40,41)37(27-18-24(32)17-25(33)19-27)21-30(38)36(20-23-12-8-9-15-28(23)34)29(16-22-10-4-2-5-11-22)31(39)35-26-13-6-3-7-14-26/h2,4-5,8-12,15,17-19,26,29H,3,6-7,13-14,16,20-21H2,1H3,(H,35,39). The van der Waals surface area contributed by atoms with E-state index in [1.54, 1.807) is 24.3 Å². The van der Waals surface area contributed by atoms with Crippen molar-refractivity contribution >= 4 is 62.3 Å². The lowest BCUT2D eigenvalue weighted by molar-refractivity contribution is -0.140. The van der Waals surface area contributed by atoms with Crippen LogP contribution in [0.5, 0.6) is 0 Å². The Bertz CT molecular complexity index is 1480. The van der Waals surface area contributed by atoms with Crippen LogP contribution in [-0.4, -0.2) is 50.0 Å². The third-order valence-electron chi connectivity index (χ3n) is 7.34. The Morgan fingerprint density at radius 1 is 0.905 bits per heavy atom. The number of nitrogens with one attached hydrogen (secondary N) is 1.